The summed E-state index contributed by atoms with van der Waals surface area (Å²) >= 11 is 0. The van der Waals surface area contributed by atoms with Crippen LogP contribution in [0.15, 0.2) is 12.1 Å². The number of nitro groups is 1. The summed E-state index contributed by atoms with van der Waals surface area (Å²) in [5, 5.41) is 10.2. The van der Waals surface area contributed by atoms with Crippen LogP contribution in [0.4, 0.5) is 23.2 Å². The van der Waals surface area contributed by atoms with Crippen molar-refractivity contribution >= 4 is 5.69 Å². The van der Waals surface area contributed by atoms with E-state index in [2.05, 4.69) is 0 Å². The molecule has 0 aliphatic rings. The van der Waals surface area contributed by atoms with Gasteiger partial charge in [0.25, 0.3) is 6.43 Å². The van der Waals surface area contributed by atoms with E-state index in [1.165, 1.54) is 0 Å². The van der Waals surface area contributed by atoms with E-state index in [0.29, 0.717) is 12.1 Å². The van der Waals surface area contributed by atoms with Gasteiger partial charge in [-0.2, -0.15) is 4.39 Å². The number of hydrogen-bond donors (Lipinski definition) is 0. The summed E-state index contributed by atoms with van der Waals surface area (Å²) in [5.41, 5.74) is -2.64. The lowest BCUT2D eigenvalue weighted by molar-refractivity contribution is -0.389. The molecule has 14 heavy (non-hydrogen) atoms. The second kappa shape index (κ2) is 3.60. The smallest absolute Gasteiger partial charge is 0.258 e. The van der Waals surface area contributed by atoms with Crippen LogP contribution in [0.1, 0.15) is 12.0 Å². The molecule has 0 fully saturated rings. The first-order chi connectivity index (χ1) is 6.45. The number of nitrogens with zero attached hydrogens (tertiary/aromatic N) is 1. The van der Waals surface area contributed by atoms with E-state index < -0.39 is 34.2 Å². The molecule has 0 aromatic heterocycles. The van der Waals surface area contributed by atoms with Crippen LogP contribution in [0.5, 0.6) is 0 Å². The molecule has 3 nitrogen and oxygen atoms in total. The van der Waals surface area contributed by atoms with Gasteiger partial charge in [0.05, 0.1) is 10.5 Å². The number of nitro benzene ring substituents is 1. The summed E-state index contributed by atoms with van der Waals surface area (Å²) in [6.07, 6.45) is -3.22. The molecule has 0 radical (unpaired) electrons. The number of hydrogen-bond acceptors (Lipinski definition) is 2. The first-order valence-electron chi connectivity index (χ1n) is 3.35. The van der Waals surface area contributed by atoms with E-state index in [4.69, 9.17) is 0 Å². The van der Waals surface area contributed by atoms with Crippen molar-refractivity contribution in [1.29, 1.82) is 0 Å². The predicted octanol–water partition coefficient (Wildman–Crippen LogP) is 2.81. The molecule has 0 unspecified atom stereocenters. The van der Waals surface area contributed by atoms with Gasteiger partial charge in [-0.15, -0.1) is 0 Å². The van der Waals surface area contributed by atoms with Gasteiger partial charge in [-0.25, -0.2) is 13.2 Å². The van der Waals surface area contributed by atoms with Crippen molar-refractivity contribution in [1.82, 2.24) is 0 Å². The Morgan fingerprint density at radius 2 is 1.86 bits per heavy atom. The molecule has 0 aliphatic carbocycles. The lowest BCUT2D eigenvalue weighted by Gasteiger charge is -2.02. The fourth-order valence-corrected chi connectivity index (χ4v) is 0.917. The van der Waals surface area contributed by atoms with Crippen molar-refractivity contribution < 1.29 is 22.5 Å². The van der Waals surface area contributed by atoms with Gasteiger partial charge in [0.2, 0.25) is 5.82 Å². The van der Waals surface area contributed by atoms with Crippen LogP contribution >= 0.6 is 0 Å². The predicted molar refractivity (Wildman–Crippen MR) is 38.0 cm³/mol. The minimum absolute atomic E-state index is 0.420. The van der Waals surface area contributed by atoms with Gasteiger partial charge < -0.3 is 0 Å². The Morgan fingerprint density at radius 1 is 1.29 bits per heavy atom. The van der Waals surface area contributed by atoms with Gasteiger partial charge in [0.15, 0.2) is 5.82 Å². The van der Waals surface area contributed by atoms with E-state index in [-0.39, 0.29) is 0 Å². The lowest BCUT2D eigenvalue weighted by atomic mass is 10.1. The molecule has 0 aliphatic heterocycles. The fraction of sp³-hybridized carbons (Fsp3) is 0.143. The zero-order valence-electron chi connectivity index (χ0n) is 6.51. The Labute approximate surface area is 75.1 Å². The fourth-order valence-electron chi connectivity index (χ4n) is 0.917. The summed E-state index contributed by atoms with van der Waals surface area (Å²) in [5.74, 6) is -3.39. The molecule has 0 heterocycles. The van der Waals surface area contributed by atoms with Gasteiger partial charge in [0.1, 0.15) is 0 Å². The Morgan fingerprint density at radius 3 is 2.29 bits per heavy atom. The van der Waals surface area contributed by atoms with Gasteiger partial charge in [-0.1, -0.05) is 0 Å². The van der Waals surface area contributed by atoms with Crippen LogP contribution in [0.3, 0.4) is 0 Å². The molecule has 0 amide bonds. The molecule has 0 saturated carbocycles. The van der Waals surface area contributed by atoms with Gasteiger partial charge in [-0.05, 0) is 12.1 Å². The van der Waals surface area contributed by atoms with Crippen molar-refractivity contribution in [3.63, 3.8) is 0 Å². The van der Waals surface area contributed by atoms with Crippen molar-refractivity contribution in [3.8, 4) is 0 Å². The molecule has 0 bridgehead atoms. The topological polar surface area (TPSA) is 43.1 Å². The van der Waals surface area contributed by atoms with E-state index in [1.54, 1.807) is 0 Å². The van der Waals surface area contributed by atoms with Crippen molar-refractivity contribution in [2.75, 3.05) is 0 Å². The van der Waals surface area contributed by atoms with E-state index in [9.17, 15) is 27.7 Å². The highest BCUT2D eigenvalue weighted by Crippen LogP contribution is 2.31. The normalized spacial score (nSPS) is 10.6. The molecule has 76 valence electrons. The minimum atomic E-state index is -3.22. The maximum absolute atomic E-state index is 12.7. The molecular weight excluding hydrogens is 206 g/mol. The van der Waals surface area contributed by atoms with Crippen LogP contribution < -0.4 is 0 Å². The number of alkyl halides is 2. The highest BCUT2D eigenvalue weighted by atomic mass is 19.3. The number of benzene rings is 1. The standard InChI is InChI=1S/C7H3F4NO2/c8-4-2-1-3(7(10)11)6(5(4)9)12(13)14/h1-2,7H. The SMILES string of the molecule is O=[N+]([O-])c1c(C(F)F)ccc(F)c1F. The molecule has 0 N–H and O–H groups in total. The van der Waals surface area contributed by atoms with Crippen LogP contribution in [0.2, 0.25) is 0 Å². The van der Waals surface area contributed by atoms with Gasteiger partial charge in [-0.3, -0.25) is 10.1 Å². The largest absolute Gasteiger partial charge is 0.316 e. The molecule has 7 heteroatoms. The molecular formula is C7H3F4NO2. The van der Waals surface area contributed by atoms with Gasteiger partial charge in [0, 0.05) is 0 Å². The minimum Gasteiger partial charge on any atom is -0.258 e. The van der Waals surface area contributed by atoms with Crippen LogP contribution in [-0.2, 0) is 0 Å². The number of rotatable bonds is 2. The molecule has 1 aromatic carbocycles. The van der Waals surface area contributed by atoms with Crippen LogP contribution in [-0.4, -0.2) is 4.92 Å². The van der Waals surface area contributed by atoms with E-state index in [1.807, 2.05) is 0 Å². The quantitative estimate of drug-likeness (QED) is 0.427. The third kappa shape index (κ3) is 1.66. The third-order valence-corrected chi connectivity index (χ3v) is 1.52. The van der Waals surface area contributed by atoms with Crippen molar-refractivity contribution in [2.24, 2.45) is 0 Å². The summed E-state index contributed by atoms with van der Waals surface area (Å²) in [6, 6.07) is 0.908. The third-order valence-electron chi connectivity index (χ3n) is 1.52. The summed E-state index contributed by atoms with van der Waals surface area (Å²) in [6.45, 7) is 0. The van der Waals surface area contributed by atoms with Crippen molar-refractivity contribution in [3.05, 3.63) is 39.4 Å². The Kier molecular flexibility index (Phi) is 2.68. The molecule has 0 spiro atoms. The maximum atomic E-state index is 12.7. The zero-order chi connectivity index (χ0) is 10.9. The lowest BCUT2D eigenvalue weighted by Crippen LogP contribution is -2.01. The molecule has 1 rings (SSSR count). The highest BCUT2D eigenvalue weighted by molar-refractivity contribution is 5.42. The Balaban J connectivity index is 3.45. The van der Waals surface area contributed by atoms with Gasteiger partial charge >= 0.3 is 5.69 Å². The second-order valence-corrected chi connectivity index (χ2v) is 2.36. The highest BCUT2D eigenvalue weighted by Gasteiger charge is 2.28. The second-order valence-electron chi connectivity index (χ2n) is 2.36. The van der Waals surface area contributed by atoms with Crippen LogP contribution in [0, 0.1) is 21.7 Å². The van der Waals surface area contributed by atoms with Crippen molar-refractivity contribution in [2.45, 2.75) is 6.43 Å². The molecule has 1 aromatic rings. The van der Waals surface area contributed by atoms with Crippen LogP contribution in [0.25, 0.3) is 0 Å². The van der Waals surface area contributed by atoms with E-state index in [0.717, 1.165) is 0 Å². The molecule has 0 saturated heterocycles. The monoisotopic (exact) mass is 209 g/mol. The summed E-state index contributed by atoms with van der Waals surface area (Å²) in [7, 11) is 0. The Bertz CT molecular complexity index is 380. The average Bonchev–Trinajstić information content (AvgIpc) is 2.08. The first kappa shape index (κ1) is 10.4. The Hall–Kier alpha value is -1.66. The number of halogens is 4. The zero-order valence-corrected chi connectivity index (χ0v) is 6.51. The summed E-state index contributed by atoms with van der Waals surface area (Å²) in [4.78, 5) is 8.79. The maximum Gasteiger partial charge on any atom is 0.316 e. The molecule has 0 atom stereocenters. The summed E-state index contributed by atoms with van der Waals surface area (Å²) < 4.78 is 49.4. The van der Waals surface area contributed by atoms with E-state index >= 15 is 0 Å². The average molecular weight is 209 g/mol. The first-order valence-corrected chi connectivity index (χ1v) is 3.35.